The molecule has 2 aliphatic carbocycles. The Bertz CT molecular complexity index is 287. The molecule has 2 aliphatic rings. The van der Waals surface area contributed by atoms with E-state index in [1.807, 2.05) is 0 Å². The van der Waals surface area contributed by atoms with E-state index in [0.717, 1.165) is 38.5 Å². The highest BCUT2D eigenvalue weighted by Crippen LogP contribution is 2.33. The predicted molar refractivity (Wildman–Crippen MR) is 76.6 cm³/mol. The van der Waals surface area contributed by atoms with Gasteiger partial charge < -0.3 is 10.4 Å². The van der Waals surface area contributed by atoms with Crippen LogP contribution in [0.2, 0.25) is 0 Å². The van der Waals surface area contributed by atoms with E-state index in [2.05, 4.69) is 19.2 Å². The molecule has 0 heterocycles. The molecule has 2 N–H and O–H groups in total. The van der Waals surface area contributed by atoms with E-state index in [0.29, 0.717) is 30.4 Å². The number of carbonyl (C=O) groups is 1. The molecule has 0 radical (unpaired) electrons. The molecule has 0 spiro atoms. The summed E-state index contributed by atoms with van der Waals surface area (Å²) in [5, 5.41) is 12.4. The summed E-state index contributed by atoms with van der Waals surface area (Å²) in [5.74, 6) is 2.34. The molecule has 0 saturated heterocycles. The van der Waals surface area contributed by atoms with Gasteiger partial charge in [-0.3, -0.25) is 4.79 Å². The molecule has 1 amide bonds. The maximum Gasteiger partial charge on any atom is 0.223 e. The maximum absolute atomic E-state index is 12.3. The van der Waals surface area contributed by atoms with E-state index < -0.39 is 0 Å². The fraction of sp³-hybridized carbons (Fsp3) is 0.938. The normalized spacial score (nSPS) is 39.8. The van der Waals surface area contributed by atoms with Crippen LogP contribution < -0.4 is 5.32 Å². The van der Waals surface area contributed by atoms with Crippen LogP contribution in [0.25, 0.3) is 0 Å². The molecular weight excluding hydrogens is 238 g/mol. The summed E-state index contributed by atoms with van der Waals surface area (Å²) >= 11 is 0. The van der Waals surface area contributed by atoms with Crippen LogP contribution in [-0.2, 0) is 4.79 Å². The quantitative estimate of drug-likeness (QED) is 0.826. The molecule has 2 saturated carbocycles. The topological polar surface area (TPSA) is 49.3 Å². The minimum atomic E-state index is 0.231. The van der Waals surface area contributed by atoms with Crippen LogP contribution in [-0.4, -0.2) is 23.7 Å². The van der Waals surface area contributed by atoms with Crippen LogP contribution in [0.1, 0.15) is 58.8 Å². The summed E-state index contributed by atoms with van der Waals surface area (Å²) in [6.07, 6.45) is 7.57. The molecule has 3 heteroatoms. The summed E-state index contributed by atoms with van der Waals surface area (Å²) in [7, 11) is 0. The van der Waals surface area contributed by atoms with Crippen LogP contribution >= 0.6 is 0 Å². The number of carbonyl (C=O) groups excluding carboxylic acids is 1. The van der Waals surface area contributed by atoms with Gasteiger partial charge in [0.1, 0.15) is 0 Å². The van der Waals surface area contributed by atoms with Crippen molar-refractivity contribution in [1.29, 1.82) is 0 Å². The van der Waals surface area contributed by atoms with E-state index in [1.54, 1.807) is 0 Å². The number of hydrogen-bond donors (Lipinski definition) is 2. The van der Waals surface area contributed by atoms with Crippen LogP contribution in [0.4, 0.5) is 0 Å². The summed E-state index contributed by atoms with van der Waals surface area (Å²) in [4.78, 5) is 12.3. The van der Waals surface area contributed by atoms with Gasteiger partial charge in [-0.05, 0) is 62.7 Å². The Morgan fingerprint density at radius 3 is 2.16 bits per heavy atom. The van der Waals surface area contributed by atoms with E-state index in [4.69, 9.17) is 5.11 Å². The highest BCUT2D eigenvalue weighted by molar-refractivity contribution is 5.79. The molecule has 0 bridgehead atoms. The Labute approximate surface area is 117 Å². The Morgan fingerprint density at radius 2 is 1.63 bits per heavy atom. The molecule has 19 heavy (non-hydrogen) atoms. The SMILES string of the molecule is CC1CC(C)CC(C(=O)NC2CCC(CO)CC2)C1. The van der Waals surface area contributed by atoms with E-state index in [1.165, 1.54) is 6.42 Å². The van der Waals surface area contributed by atoms with Crippen LogP contribution in [0.3, 0.4) is 0 Å². The zero-order chi connectivity index (χ0) is 13.8. The Balaban J connectivity index is 1.78. The number of aliphatic hydroxyl groups excluding tert-OH is 1. The number of hydrogen-bond acceptors (Lipinski definition) is 2. The van der Waals surface area contributed by atoms with Crippen molar-refractivity contribution in [3.63, 3.8) is 0 Å². The average Bonchev–Trinajstić information content (AvgIpc) is 2.38. The highest BCUT2D eigenvalue weighted by Gasteiger charge is 2.30. The standard InChI is InChI=1S/C16H29NO2/c1-11-7-12(2)9-14(8-11)16(19)17-15-5-3-13(10-18)4-6-15/h11-15,18H,3-10H2,1-2H3,(H,17,19). The van der Waals surface area contributed by atoms with E-state index in [9.17, 15) is 4.79 Å². The van der Waals surface area contributed by atoms with E-state index in [-0.39, 0.29) is 11.8 Å². The molecule has 2 atom stereocenters. The third-order valence-electron chi connectivity index (χ3n) is 5.00. The van der Waals surface area contributed by atoms with Crippen LogP contribution in [0.5, 0.6) is 0 Å². The summed E-state index contributed by atoms with van der Waals surface area (Å²) in [5.41, 5.74) is 0. The van der Waals surface area contributed by atoms with Gasteiger partial charge in [-0.15, -0.1) is 0 Å². The van der Waals surface area contributed by atoms with Crippen molar-refractivity contribution in [2.45, 2.75) is 64.8 Å². The van der Waals surface area contributed by atoms with Crippen molar-refractivity contribution in [3.8, 4) is 0 Å². The minimum Gasteiger partial charge on any atom is -0.396 e. The lowest BCUT2D eigenvalue weighted by molar-refractivity contribution is -0.128. The molecular formula is C16H29NO2. The van der Waals surface area contributed by atoms with Crippen molar-refractivity contribution in [2.24, 2.45) is 23.7 Å². The van der Waals surface area contributed by atoms with Crippen molar-refractivity contribution in [3.05, 3.63) is 0 Å². The predicted octanol–water partition coefficient (Wildman–Crippen LogP) is 2.73. The monoisotopic (exact) mass is 267 g/mol. The fourth-order valence-corrected chi connectivity index (χ4v) is 3.97. The van der Waals surface area contributed by atoms with Gasteiger partial charge in [0.2, 0.25) is 5.91 Å². The molecule has 0 aromatic rings. The Morgan fingerprint density at radius 1 is 1.05 bits per heavy atom. The van der Waals surface area contributed by atoms with Crippen molar-refractivity contribution in [1.82, 2.24) is 5.32 Å². The van der Waals surface area contributed by atoms with Gasteiger partial charge in [-0.25, -0.2) is 0 Å². The average molecular weight is 267 g/mol. The molecule has 3 nitrogen and oxygen atoms in total. The van der Waals surface area contributed by atoms with Gasteiger partial charge in [0.25, 0.3) is 0 Å². The first-order chi connectivity index (χ1) is 9.08. The molecule has 2 unspecified atom stereocenters. The maximum atomic E-state index is 12.3. The molecule has 110 valence electrons. The van der Waals surface area contributed by atoms with Crippen molar-refractivity contribution < 1.29 is 9.90 Å². The van der Waals surface area contributed by atoms with Gasteiger partial charge in [-0.1, -0.05) is 13.8 Å². The second-order valence-electron chi connectivity index (χ2n) is 7.02. The molecule has 0 aromatic heterocycles. The molecule has 0 aliphatic heterocycles. The second-order valence-corrected chi connectivity index (χ2v) is 7.02. The fourth-order valence-electron chi connectivity index (χ4n) is 3.97. The highest BCUT2D eigenvalue weighted by atomic mass is 16.3. The lowest BCUT2D eigenvalue weighted by Crippen LogP contribution is -2.43. The summed E-state index contributed by atoms with van der Waals surface area (Å²) < 4.78 is 0. The molecule has 2 fully saturated rings. The third-order valence-corrected chi connectivity index (χ3v) is 5.00. The Kier molecular flexibility index (Phi) is 5.26. The number of amides is 1. The first-order valence-electron chi connectivity index (χ1n) is 7.99. The smallest absolute Gasteiger partial charge is 0.223 e. The van der Waals surface area contributed by atoms with Crippen molar-refractivity contribution >= 4 is 5.91 Å². The van der Waals surface area contributed by atoms with Crippen LogP contribution in [0, 0.1) is 23.7 Å². The number of nitrogens with one attached hydrogen (secondary N) is 1. The van der Waals surface area contributed by atoms with Crippen molar-refractivity contribution in [2.75, 3.05) is 6.61 Å². The summed E-state index contributed by atoms with van der Waals surface area (Å²) in [6.45, 7) is 4.84. The van der Waals surface area contributed by atoms with Gasteiger partial charge in [0, 0.05) is 18.6 Å². The van der Waals surface area contributed by atoms with Crippen LogP contribution in [0.15, 0.2) is 0 Å². The zero-order valence-corrected chi connectivity index (χ0v) is 12.4. The van der Waals surface area contributed by atoms with Gasteiger partial charge >= 0.3 is 0 Å². The lowest BCUT2D eigenvalue weighted by Gasteiger charge is -2.33. The molecule has 0 aromatic carbocycles. The molecule has 2 rings (SSSR count). The zero-order valence-electron chi connectivity index (χ0n) is 12.4. The van der Waals surface area contributed by atoms with Gasteiger partial charge in [-0.2, -0.15) is 0 Å². The first-order valence-corrected chi connectivity index (χ1v) is 7.99. The lowest BCUT2D eigenvalue weighted by atomic mass is 9.76. The van der Waals surface area contributed by atoms with E-state index >= 15 is 0 Å². The number of aliphatic hydroxyl groups is 1. The van der Waals surface area contributed by atoms with Gasteiger partial charge in [0.15, 0.2) is 0 Å². The largest absolute Gasteiger partial charge is 0.396 e. The Hall–Kier alpha value is -0.570. The first kappa shape index (κ1) is 14.8. The van der Waals surface area contributed by atoms with Gasteiger partial charge in [0.05, 0.1) is 0 Å². The minimum absolute atomic E-state index is 0.231. The third kappa shape index (κ3) is 4.20. The number of rotatable bonds is 3. The second kappa shape index (κ2) is 6.74. The summed E-state index contributed by atoms with van der Waals surface area (Å²) in [6, 6.07) is 0.350.